The fraction of sp³-hybridized carbons (Fsp3) is 0.438. The van der Waals surface area contributed by atoms with Gasteiger partial charge in [0.25, 0.3) is 5.91 Å². The molecule has 138 valence electrons. The van der Waals surface area contributed by atoms with E-state index in [2.05, 4.69) is 10.1 Å². The van der Waals surface area contributed by atoms with Crippen molar-refractivity contribution in [1.29, 1.82) is 0 Å². The van der Waals surface area contributed by atoms with Crippen LogP contribution in [0, 0.1) is 17.6 Å². The average molecular weight is 378 g/mol. The van der Waals surface area contributed by atoms with Crippen LogP contribution in [-0.4, -0.2) is 37.6 Å². The van der Waals surface area contributed by atoms with E-state index in [4.69, 9.17) is 16.3 Å². The first-order chi connectivity index (χ1) is 11.7. The van der Waals surface area contributed by atoms with Crippen molar-refractivity contribution in [3.8, 4) is 0 Å². The SMILES string of the molecule is CCC(C)C(NC(=O)COC(=O)c1cc(F)c(F)cc1Cl)C(=O)OC. The average Bonchev–Trinajstić information content (AvgIpc) is 2.59. The molecule has 0 spiro atoms. The Morgan fingerprint density at radius 1 is 1.24 bits per heavy atom. The number of amides is 1. The van der Waals surface area contributed by atoms with Crippen LogP contribution in [0.1, 0.15) is 30.6 Å². The van der Waals surface area contributed by atoms with Gasteiger partial charge in [-0.15, -0.1) is 0 Å². The number of nitrogens with one attached hydrogen (secondary N) is 1. The number of hydrogen-bond acceptors (Lipinski definition) is 5. The molecule has 0 bridgehead atoms. The van der Waals surface area contributed by atoms with Gasteiger partial charge in [0, 0.05) is 0 Å². The molecule has 0 aliphatic carbocycles. The Morgan fingerprint density at radius 2 is 1.84 bits per heavy atom. The Balaban J connectivity index is 2.70. The Kier molecular flexibility index (Phi) is 7.76. The Labute approximate surface area is 148 Å². The molecule has 0 aliphatic heterocycles. The molecular formula is C16H18ClF2NO5. The highest BCUT2D eigenvalue weighted by molar-refractivity contribution is 6.33. The van der Waals surface area contributed by atoms with E-state index in [1.807, 2.05) is 6.92 Å². The molecule has 0 radical (unpaired) electrons. The van der Waals surface area contributed by atoms with Gasteiger partial charge >= 0.3 is 11.9 Å². The molecule has 0 saturated carbocycles. The van der Waals surface area contributed by atoms with Crippen molar-refractivity contribution in [2.45, 2.75) is 26.3 Å². The summed E-state index contributed by atoms with van der Waals surface area (Å²) >= 11 is 5.65. The standard InChI is InChI=1S/C16H18ClF2NO5/c1-4-8(2)14(16(23)24-3)20-13(21)7-25-15(22)9-5-11(18)12(19)6-10(9)17/h5-6,8,14H,4,7H2,1-3H3,(H,20,21). The van der Waals surface area contributed by atoms with E-state index < -0.39 is 47.7 Å². The summed E-state index contributed by atoms with van der Waals surface area (Å²) in [4.78, 5) is 35.4. The fourth-order valence-corrected chi connectivity index (χ4v) is 2.13. The van der Waals surface area contributed by atoms with E-state index >= 15 is 0 Å². The van der Waals surface area contributed by atoms with Crippen molar-refractivity contribution in [3.63, 3.8) is 0 Å². The molecule has 2 atom stereocenters. The van der Waals surface area contributed by atoms with Crippen LogP contribution in [0.2, 0.25) is 5.02 Å². The van der Waals surface area contributed by atoms with Crippen molar-refractivity contribution in [3.05, 3.63) is 34.4 Å². The zero-order valence-electron chi connectivity index (χ0n) is 13.9. The second-order valence-corrected chi connectivity index (χ2v) is 5.68. The molecule has 1 amide bonds. The minimum atomic E-state index is -1.27. The third kappa shape index (κ3) is 5.67. The van der Waals surface area contributed by atoms with Gasteiger partial charge in [0.1, 0.15) is 6.04 Å². The molecule has 25 heavy (non-hydrogen) atoms. The maximum atomic E-state index is 13.2. The van der Waals surface area contributed by atoms with E-state index in [-0.39, 0.29) is 10.9 Å². The zero-order chi connectivity index (χ0) is 19.1. The van der Waals surface area contributed by atoms with Crippen LogP contribution in [0.4, 0.5) is 8.78 Å². The monoisotopic (exact) mass is 377 g/mol. The van der Waals surface area contributed by atoms with Gasteiger partial charge in [-0.2, -0.15) is 0 Å². The molecule has 0 saturated heterocycles. The Bertz CT molecular complexity index is 668. The first-order valence-electron chi connectivity index (χ1n) is 7.40. The summed E-state index contributed by atoms with van der Waals surface area (Å²) in [5.74, 6) is -5.16. The summed E-state index contributed by atoms with van der Waals surface area (Å²) in [6.07, 6.45) is 0.601. The molecule has 0 aromatic heterocycles. The fourth-order valence-electron chi connectivity index (χ4n) is 1.90. The molecule has 0 fully saturated rings. The zero-order valence-corrected chi connectivity index (χ0v) is 14.7. The molecule has 2 unspecified atom stereocenters. The van der Waals surface area contributed by atoms with Gasteiger partial charge in [0.15, 0.2) is 18.2 Å². The van der Waals surface area contributed by atoms with Crippen LogP contribution < -0.4 is 5.32 Å². The number of ether oxygens (including phenoxy) is 2. The number of esters is 2. The second kappa shape index (κ2) is 9.31. The number of benzene rings is 1. The molecule has 9 heteroatoms. The molecule has 1 aromatic carbocycles. The van der Waals surface area contributed by atoms with Crippen molar-refractivity contribution >= 4 is 29.4 Å². The van der Waals surface area contributed by atoms with Crippen molar-refractivity contribution < 1.29 is 32.6 Å². The van der Waals surface area contributed by atoms with E-state index in [0.29, 0.717) is 18.6 Å². The van der Waals surface area contributed by atoms with Gasteiger partial charge in [0.2, 0.25) is 0 Å². The Hall–Kier alpha value is -2.22. The number of hydrogen-bond donors (Lipinski definition) is 1. The van der Waals surface area contributed by atoms with Gasteiger partial charge in [-0.1, -0.05) is 31.9 Å². The first-order valence-corrected chi connectivity index (χ1v) is 7.77. The highest BCUT2D eigenvalue weighted by atomic mass is 35.5. The highest BCUT2D eigenvalue weighted by Crippen LogP contribution is 2.20. The molecule has 1 N–H and O–H groups in total. The topological polar surface area (TPSA) is 81.7 Å². The van der Waals surface area contributed by atoms with Gasteiger partial charge in [-0.3, -0.25) is 4.79 Å². The summed E-state index contributed by atoms with van der Waals surface area (Å²) in [5.41, 5.74) is -0.417. The molecule has 1 rings (SSSR count). The number of carbonyl (C=O) groups is 3. The van der Waals surface area contributed by atoms with Crippen molar-refractivity contribution in [1.82, 2.24) is 5.32 Å². The summed E-state index contributed by atoms with van der Waals surface area (Å²) in [6, 6.07) is 0.311. The molecular weight excluding hydrogens is 360 g/mol. The quantitative estimate of drug-likeness (QED) is 0.583. The minimum Gasteiger partial charge on any atom is -0.467 e. The predicted octanol–water partition coefficient (Wildman–Crippen LogP) is 2.48. The van der Waals surface area contributed by atoms with E-state index in [9.17, 15) is 23.2 Å². The third-order valence-electron chi connectivity index (χ3n) is 3.55. The van der Waals surface area contributed by atoms with Gasteiger partial charge < -0.3 is 14.8 Å². The van der Waals surface area contributed by atoms with Gasteiger partial charge in [-0.25, -0.2) is 18.4 Å². The smallest absolute Gasteiger partial charge is 0.340 e. The van der Waals surface area contributed by atoms with Crippen molar-refractivity contribution in [2.75, 3.05) is 13.7 Å². The van der Waals surface area contributed by atoms with Crippen molar-refractivity contribution in [2.24, 2.45) is 5.92 Å². The number of methoxy groups -OCH3 is 1. The second-order valence-electron chi connectivity index (χ2n) is 5.28. The number of carbonyl (C=O) groups excluding carboxylic acids is 3. The van der Waals surface area contributed by atoms with E-state index in [1.165, 1.54) is 7.11 Å². The first kappa shape index (κ1) is 20.8. The van der Waals surface area contributed by atoms with Crippen LogP contribution in [0.5, 0.6) is 0 Å². The van der Waals surface area contributed by atoms with Gasteiger partial charge in [0.05, 0.1) is 17.7 Å². The maximum Gasteiger partial charge on any atom is 0.340 e. The number of halogens is 3. The highest BCUT2D eigenvalue weighted by Gasteiger charge is 2.27. The molecule has 0 aliphatic rings. The van der Waals surface area contributed by atoms with Crippen LogP contribution >= 0.6 is 11.6 Å². The van der Waals surface area contributed by atoms with E-state index in [0.717, 1.165) is 0 Å². The molecule has 6 nitrogen and oxygen atoms in total. The largest absolute Gasteiger partial charge is 0.467 e. The lowest BCUT2D eigenvalue weighted by atomic mass is 9.99. The molecule has 0 heterocycles. The van der Waals surface area contributed by atoms with Gasteiger partial charge in [-0.05, 0) is 18.1 Å². The lowest BCUT2D eigenvalue weighted by Crippen LogP contribution is -2.47. The van der Waals surface area contributed by atoms with E-state index in [1.54, 1.807) is 6.92 Å². The lowest BCUT2D eigenvalue weighted by Gasteiger charge is -2.21. The Morgan fingerprint density at radius 3 is 2.40 bits per heavy atom. The predicted molar refractivity (Wildman–Crippen MR) is 85.1 cm³/mol. The lowest BCUT2D eigenvalue weighted by molar-refractivity contribution is -0.147. The van der Waals surface area contributed by atoms with Crippen LogP contribution in [0.15, 0.2) is 12.1 Å². The molecule has 1 aromatic rings. The summed E-state index contributed by atoms with van der Waals surface area (Å²) in [6.45, 7) is 2.85. The third-order valence-corrected chi connectivity index (χ3v) is 3.86. The van der Waals surface area contributed by atoms with Crippen LogP contribution in [0.25, 0.3) is 0 Å². The summed E-state index contributed by atoms with van der Waals surface area (Å²) in [5, 5.41) is 2.05. The maximum absolute atomic E-state index is 13.2. The number of rotatable bonds is 7. The van der Waals surface area contributed by atoms with Crippen LogP contribution in [0.3, 0.4) is 0 Å². The summed E-state index contributed by atoms with van der Waals surface area (Å²) in [7, 11) is 1.19. The minimum absolute atomic E-state index is 0.201. The summed E-state index contributed by atoms with van der Waals surface area (Å²) < 4.78 is 35.5. The van der Waals surface area contributed by atoms with Crippen LogP contribution in [-0.2, 0) is 19.1 Å². The normalized spacial score (nSPS) is 12.9.